The summed E-state index contributed by atoms with van der Waals surface area (Å²) in [5.41, 5.74) is 8.86. The van der Waals surface area contributed by atoms with Crippen molar-refractivity contribution in [3.05, 3.63) is 151 Å². The predicted octanol–water partition coefficient (Wildman–Crippen LogP) is 9.85. The van der Waals surface area contributed by atoms with Gasteiger partial charge in [0.05, 0.1) is 28.8 Å². The second-order valence-corrected chi connectivity index (χ2v) is 11.1. The monoisotopic (exact) mass is 601 g/mol. The summed E-state index contributed by atoms with van der Waals surface area (Å²) in [5.74, 6) is 1.66. The Balaban J connectivity index is 1.39. The molecule has 8 aromatic rings. The Hall–Kier alpha value is -6.89. The molecule has 0 aliphatic heterocycles. The van der Waals surface area contributed by atoms with Crippen molar-refractivity contribution in [2.75, 3.05) is 0 Å². The number of benzene rings is 6. The summed E-state index contributed by atoms with van der Waals surface area (Å²) in [6, 6.07) is 49.5. The van der Waals surface area contributed by atoms with Crippen molar-refractivity contribution in [3.63, 3.8) is 0 Å². The highest BCUT2D eigenvalue weighted by Crippen LogP contribution is 2.42. The molecule has 218 valence electrons. The zero-order chi connectivity index (χ0) is 31.7. The van der Waals surface area contributed by atoms with E-state index in [1.54, 1.807) is 0 Å². The maximum Gasteiger partial charge on any atom is 0.167 e. The molecule has 0 amide bonds. The molecule has 0 aliphatic carbocycles. The van der Waals surface area contributed by atoms with E-state index in [0.717, 1.165) is 55.3 Å². The van der Waals surface area contributed by atoms with Gasteiger partial charge in [-0.05, 0) is 59.2 Å². The lowest BCUT2D eigenvalue weighted by Crippen LogP contribution is -2.00. The van der Waals surface area contributed by atoms with Crippen molar-refractivity contribution >= 4 is 21.9 Å². The molecule has 0 fully saturated rings. The van der Waals surface area contributed by atoms with Crippen molar-refractivity contribution in [3.8, 4) is 68.6 Å². The molecule has 6 aromatic carbocycles. The van der Waals surface area contributed by atoms with Crippen molar-refractivity contribution < 1.29 is 4.42 Å². The first-order valence-corrected chi connectivity index (χ1v) is 15.1. The van der Waals surface area contributed by atoms with Gasteiger partial charge in [-0.25, -0.2) is 15.0 Å². The minimum atomic E-state index is 0.509. The molecular weight excluding hydrogens is 578 g/mol. The number of nitrogens with zero attached hydrogens (tertiary/aromatic N) is 5. The first-order valence-electron chi connectivity index (χ1n) is 15.1. The number of hydrogen-bond donors (Lipinski definition) is 0. The molecular formula is C41H23N5O. The van der Waals surface area contributed by atoms with Crippen molar-refractivity contribution in [1.29, 1.82) is 10.5 Å². The maximum absolute atomic E-state index is 9.42. The maximum atomic E-state index is 9.42. The zero-order valence-corrected chi connectivity index (χ0v) is 24.9. The van der Waals surface area contributed by atoms with Gasteiger partial charge in [-0.15, -0.1) is 0 Å². The molecule has 6 nitrogen and oxygen atoms in total. The molecule has 2 heterocycles. The molecule has 0 spiro atoms. The third-order valence-electron chi connectivity index (χ3n) is 8.21. The largest absolute Gasteiger partial charge is 0.455 e. The van der Waals surface area contributed by atoms with Crippen LogP contribution in [0.3, 0.4) is 0 Å². The van der Waals surface area contributed by atoms with E-state index in [-0.39, 0.29) is 0 Å². The van der Waals surface area contributed by atoms with Crippen molar-refractivity contribution in [2.45, 2.75) is 0 Å². The fraction of sp³-hybridized carbons (Fsp3) is 0. The summed E-state index contributed by atoms with van der Waals surface area (Å²) in [4.78, 5) is 14.8. The lowest BCUT2D eigenvalue weighted by atomic mass is 9.95. The van der Waals surface area contributed by atoms with Gasteiger partial charge in [0.25, 0.3) is 0 Å². The van der Waals surface area contributed by atoms with Crippen LogP contribution < -0.4 is 0 Å². The second kappa shape index (κ2) is 11.6. The van der Waals surface area contributed by atoms with Gasteiger partial charge < -0.3 is 4.42 Å². The predicted molar refractivity (Wildman–Crippen MR) is 184 cm³/mol. The molecule has 8 rings (SSSR count). The average Bonchev–Trinajstić information content (AvgIpc) is 3.54. The van der Waals surface area contributed by atoms with Crippen LogP contribution in [0.25, 0.3) is 78.4 Å². The van der Waals surface area contributed by atoms with Crippen LogP contribution in [0.5, 0.6) is 0 Å². The smallest absolute Gasteiger partial charge is 0.167 e. The van der Waals surface area contributed by atoms with E-state index in [2.05, 4.69) is 24.3 Å². The number of fused-ring (bicyclic) bond motifs is 3. The van der Waals surface area contributed by atoms with Crippen LogP contribution in [-0.2, 0) is 0 Å². The molecule has 0 aliphatic rings. The Morgan fingerprint density at radius 3 is 1.51 bits per heavy atom. The van der Waals surface area contributed by atoms with Crippen LogP contribution in [-0.4, -0.2) is 15.0 Å². The standard InChI is InChI=1S/C41H23N5O/c42-24-26-14-18-28(19-15-26)32-22-35(29-20-16-27(25-43)17-21-29)38-36(23-32)33-12-7-13-34(37(33)47-38)41-45-39(30-8-3-1-4-9-30)44-40(46-41)31-10-5-2-6-11-31/h1-23H. The number of aromatic nitrogens is 3. The van der Waals surface area contributed by atoms with Crippen LogP contribution in [0.1, 0.15) is 11.1 Å². The second-order valence-electron chi connectivity index (χ2n) is 11.1. The number of para-hydroxylation sites is 1. The van der Waals surface area contributed by atoms with E-state index in [9.17, 15) is 10.5 Å². The van der Waals surface area contributed by atoms with Gasteiger partial charge >= 0.3 is 0 Å². The summed E-state index contributed by atoms with van der Waals surface area (Å²) in [6.45, 7) is 0. The highest BCUT2D eigenvalue weighted by Gasteiger charge is 2.20. The van der Waals surface area contributed by atoms with Gasteiger partial charge in [-0.1, -0.05) is 97.1 Å². The van der Waals surface area contributed by atoms with Crippen LogP contribution >= 0.6 is 0 Å². The van der Waals surface area contributed by atoms with Crippen LogP contribution in [0.4, 0.5) is 0 Å². The summed E-state index contributed by atoms with van der Waals surface area (Å²) >= 11 is 0. The Morgan fingerprint density at radius 2 is 0.936 bits per heavy atom. The van der Waals surface area contributed by atoms with E-state index in [1.807, 2.05) is 127 Å². The van der Waals surface area contributed by atoms with E-state index in [1.165, 1.54) is 0 Å². The number of rotatable bonds is 5. The van der Waals surface area contributed by atoms with Gasteiger partial charge in [0.2, 0.25) is 0 Å². The minimum Gasteiger partial charge on any atom is -0.455 e. The summed E-state index contributed by atoms with van der Waals surface area (Å²) < 4.78 is 6.79. The number of hydrogen-bond acceptors (Lipinski definition) is 6. The molecule has 0 saturated carbocycles. The molecule has 0 bridgehead atoms. The molecule has 0 radical (unpaired) electrons. The third-order valence-corrected chi connectivity index (χ3v) is 8.21. The molecule has 0 N–H and O–H groups in total. The first kappa shape index (κ1) is 27.6. The molecule has 47 heavy (non-hydrogen) atoms. The fourth-order valence-corrected chi connectivity index (χ4v) is 5.85. The van der Waals surface area contributed by atoms with Gasteiger partial charge in [0.15, 0.2) is 17.5 Å². The lowest BCUT2D eigenvalue weighted by molar-refractivity contribution is 0.670. The third kappa shape index (κ3) is 5.07. The Kier molecular flexibility index (Phi) is 6.80. The van der Waals surface area contributed by atoms with E-state index in [4.69, 9.17) is 19.4 Å². The van der Waals surface area contributed by atoms with Crippen LogP contribution in [0, 0.1) is 22.7 Å². The molecule has 6 heteroatoms. The van der Waals surface area contributed by atoms with E-state index in [0.29, 0.717) is 34.2 Å². The molecule has 0 unspecified atom stereocenters. The quantitative estimate of drug-likeness (QED) is 0.195. The lowest BCUT2D eigenvalue weighted by Gasteiger charge is -2.08. The van der Waals surface area contributed by atoms with Gasteiger partial charge in [0, 0.05) is 27.5 Å². The van der Waals surface area contributed by atoms with Gasteiger partial charge in [0.1, 0.15) is 11.2 Å². The summed E-state index contributed by atoms with van der Waals surface area (Å²) in [7, 11) is 0. The Labute approximate surface area is 270 Å². The van der Waals surface area contributed by atoms with Gasteiger partial charge in [-0.2, -0.15) is 10.5 Å². The highest BCUT2D eigenvalue weighted by atomic mass is 16.3. The summed E-state index contributed by atoms with van der Waals surface area (Å²) in [5, 5.41) is 20.6. The Morgan fingerprint density at radius 1 is 0.404 bits per heavy atom. The first-order chi connectivity index (χ1) is 23.2. The van der Waals surface area contributed by atoms with Gasteiger partial charge in [-0.3, -0.25) is 0 Å². The zero-order valence-electron chi connectivity index (χ0n) is 24.9. The Bertz CT molecular complexity index is 2450. The minimum absolute atomic E-state index is 0.509. The average molecular weight is 602 g/mol. The molecule has 2 aromatic heterocycles. The SMILES string of the molecule is N#Cc1ccc(-c2cc(-c3ccc(C#N)cc3)c3oc4c(-c5nc(-c6ccccc6)nc(-c6ccccc6)n5)cccc4c3c2)cc1. The molecule has 0 atom stereocenters. The normalized spacial score (nSPS) is 10.9. The van der Waals surface area contributed by atoms with Crippen LogP contribution in [0.2, 0.25) is 0 Å². The fourth-order valence-electron chi connectivity index (χ4n) is 5.85. The highest BCUT2D eigenvalue weighted by molar-refractivity contribution is 6.14. The number of nitriles is 2. The van der Waals surface area contributed by atoms with E-state index >= 15 is 0 Å². The molecule has 0 saturated heterocycles. The van der Waals surface area contributed by atoms with Crippen molar-refractivity contribution in [2.24, 2.45) is 0 Å². The van der Waals surface area contributed by atoms with Crippen LogP contribution in [0.15, 0.2) is 144 Å². The van der Waals surface area contributed by atoms with Crippen molar-refractivity contribution in [1.82, 2.24) is 15.0 Å². The van der Waals surface area contributed by atoms with E-state index < -0.39 is 0 Å². The number of furan rings is 1. The topological polar surface area (TPSA) is 99.4 Å². The summed E-state index contributed by atoms with van der Waals surface area (Å²) in [6.07, 6.45) is 0.